The first-order valence-corrected chi connectivity index (χ1v) is 5.79. The van der Waals surface area contributed by atoms with Gasteiger partial charge in [-0.05, 0) is 19.4 Å². The highest BCUT2D eigenvalue weighted by Crippen LogP contribution is 2.20. The van der Waals surface area contributed by atoms with Crippen LogP contribution in [0.1, 0.15) is 12.8 Å². The number of carbonyl (C=O) groups is 1. The third-order valence-electron chi connectivity index (χ3n) is 3.41. The van der Waals surface area contributed by atoms with Crippen molar-refractivity contribution in [2.45, 2.75) is 12.8 Å². The first kappa shape index (κ1) is 10.9. The molecule has 86 valence electrons. The predicted molar refractivity (Wildman–Crippen MR) is 57.5 cm³/mol. The number of rotatable bonds is 3. The van der Waals surface area contributed by atoms with Gasteiger partial charge in [0.05, 0.1) is 12.5 Å². The topological polar surface area (TPSA) is 41.6 Å². The predicted octanol–water partition coefficient (Wildman–Crippen LogP) is 0.0908. The summed E-state index contributed by atoms with van der Waals surface area (Å²) in [7, 11) is 1.73. The van der Waals surface area contributed by atoms with Gasteiger partial charge in [0.2, 0.25) is 5.91 Å². The van der Waals surface area contributed by atoms with Gasteiger partial charge < -0.3 is 15.0 Å². The SMILES string of the molecule is COCC1CCN(C(=O)C2CCNC2)C1. The van der Waals surface area contributed by atoms with E-state index >= 15 is 0 Å². The van der Waals surface area contributed by atoms with Gasteiger partial charge in [-0.1, -0.05) is 0 Å². The maximum absolute atomic E-state index is 12.0. The number of amides is 1. The molecule has 2 atom stereocenters. The molecule has 1 amide bonds. The molecule has 2 rings (SSSR count). The second-order valence-corrected chi connectivity index (χ2v) is 4.58. The second-order valence-electron chi connectivity index (χ2n) is 4.58. The van der Waals surface area contributed by atoms with E-state index in [0.29, 0.717) is 11.8 Å². The number of nitrogens with one attached hydrogen (secondary N) is 1. The summed E-state index contributed by atoms with van der Waals surface area (Å²) in [5.41, 5.74) is 0. The summed E-state index contributed by atoms with van der Waals surface area (Å²) < 4.78 is 5.13. The van der Waals surface area contributed by atoms with Crippen LogP contribution in [0.25, 0.3) is 0 Å². The van der Waals surface area contributed by atoms with E-state index in [1.54, 1.807) is 7.11 Å². The quantitative estimate of drug-likeness (QED) is 0.721. The third kappa shape index (κ3) is 2.49. The number of likely N-dealkylation sites (tertiary alicyclic amines) is 1. The summed E-state index contributed by atoms with van der Waals surface area (Å²) in [4.78, 5) is 14.1. The van der Waals surface area contributed by atoms with E-state index in [9.17, 15) is 4.79 Å². The highest BCUT2D eigenvalue weighted by atomic mass is 16.5. The molecule has 2 unspecified atom stereocenters. The summed E-state index contributed by atoms with van der Waals surface area (Å²) >= 11 is 0. The molecule has 2 saturated heterocycles. The zero-order chi connectivity index (χ0) is 10.7. The lowest BCUT2D eigenvalue weighted by molar-refractivity contribution is -0.134. The van der Waals surface area contributed by atoms with Crippen LogP contribution in [-0.4, -0.2) is 50.7 Å². The number of ether oxygens (including phenoxy) is 1. The van der Waals surface area contributed by atoms with Gasteiger partial charge in [-0.3, -0.25) is 4.79 Å². The molecule has 2 aliphatic heterocycles. The molecule has 0 aromatic carbocycles. The maximum Gasteiger partial charge on any atom is 0.227 e. The Morgan fingerprint density at radius 3 is 3.07 bits per heavy atom. The highest BCUT2D eigenvalue weighted by molar-refractivity contribution is 5.79. The minimum Gasteiger partial charge on any atom is -0.384 e. The Labute approximate surface area is 91.0 Å². The molecule has 4 heteroatoms. The smallest absolute Gasteiger partial charge is 0.227 e. The van der Waals surface area contributed by atoms with Crippen LogP contribution in [-0.2, 0) is 9.53 Å². The summed E-state index contributed by atoms with van der Waals surface area (Å²) in [6.45, 7) is 4.45. The Morgan fingerprint density at radius 1 is 1.53 bits per heavy atom. The van der Waals surface area contributed by atoms with Crippen molar-refractivity contribution in [2.24, 2.45) is 11.8 Å². The Kier molecular flexibility index (Phi) is 3.59. The van der Waals surface area contributed by atoms with Gasteiger partial charge in [0.1, 0.15) is 0 Å². The average Bonchev–Trinajstić information content (AvgIpc) is 2.87. The van der Waals surface area contributed by atoms with Crippen LogP contribution in [0.3, 0.4) is 0 Å². The monoisotopic (exact) mass is 212 g/mol. The number of carbonyl (C=O) groups excluding carboxylic acids is 1. The van der Waals surface area contributed by atoms with E-state index in [4.69, 9.17) is 4.74 Å². The Morgan fingerprint density at radius 2 is 2.40 bits per heavy atom. The molecule has 0 aromatic heterocycles. The maximum atomic E-state index is 12.0. The highest BCUT2D eigenvalue weighted by Gasteiger charge is 2.31. The standard InChI is InChI=1S/C11H20N2O2/c1-15-8-9-3-5-13(7-9)11(14)10-2-4-12-6-10/h9-10,12H,2-8H2,1H3. The molecule has 2 fully saturated rings. The Hall–Kier alpha value is -0.610. The fourth-order valence-electron chi connectivity index (χ4n) is 2.53. The third-order valence-corrected chi connectivity index (χ3v) is 3.41. The summed E-state index contributed by atoms with van der Waals surface area (Å²) in [5, 5.41) is 3.24. The number of hydrogen-bond donors (Lipinski definition) is 1. The van der Waals surface area contributed by atoms with E-state index in [0.717, 1.165) is 45.6 Å². The fourth-order valence-corrected chi connectivity index (χ4v) is 2.53. The van der Waals surface area contributed by atoms with Gasteiger partial charge in [0, 0.05) is 32.7 Å². The zero-order valence-corrected chi connectivity index (χ0v) is 9.37. The van der Waals surface area contributed by atoms with E-state index in [1.165, 1.54) is 0 Å². The first-order valence-electron chi connectivity index (χ1n) is 5.79. The number of hydrogen-bond acceptors (Lipinski definition) is 3. The molecule has 0 aromatic rings. The van der Waals surface area contributed by atoms with Crippen LogP contribution >= 0.6 is 0 Å². The minimum atomic E-state index is 0.228. The van der Waals surface area contributed by atoms with Gasteiger partial charge in [-0.2, -0.15) is 0 Å². The van der Waals surface area contributed by atoms with Crippen molar-refractivity contribution in [1.29, 1.82) is 0 Å². The number of methoxy groups -OCH3 is 1. The van der Waals surface area contributed by atoms with Crippen LogP contribution in [0.15, 0.2) is 0 Å². The molecule has 0 radical (unpaired) electrons. The largest absolute Gasteiger partial charge is 0.384 e. The van der Waals surface area contributed by atoms with Gasteiger partial charge in [0.15, 0.2) is 0 Å². The average molecular weight is 212 g/mol. The van der Waals surface area contributed by atoms with Crippen molar-refractivity contribution in [3.8, 4) is 0 Å². The van der Waals surface area contributed by atoms with Gasteiger partial charge in [-0.15, -0.1) is 0 Å². The Bertz CT molecular complexity index is 227. The van der Waals surface area contributed by atoms with Crippen molar-refractivity contribution in [3.63, 3.8) is 0 Å². The van der Waals surface area contributed by atoms with Crippen LogP contribution in [0, 0.1) is 11.8 Å². The first-order chi connectivity index (χ1) is 7.31. The molecule has 15 heavy (non-hydrogen) atoms. The fraction of sp³-hybridized carbons (Fsp3) is 0.909. The van der Waals surface area contributed by atoms with Crippen molar-refractivity contribution in [1.82, 2.24) is 10.2 Å². The lowest BCUT2D eigenvalue weighted by Crippen LogP contribution is -2.35. The van der Waals surface area contributed by atoms with Gasteiger partial charge in [0.25, 0.3) is 0 Å². The lowest BCUT2D eigenvalue weighted by Gasteiger charge is -2.20. The van der Waals surface area contributed by atoms with Gasteiger partial charge >= 0.3 is 0 Å². The molecule has 0 bridgehead atoms. The van der Waals surface area contributed by atoms with Crippen molar-refractivity contribution in [2.75, 3.05) is 39.9 Å². The van der Waals surface area contributed by atoms with Crippen LogP contribution in [0.5, 0.6) is 0 Å². The molecule has 0 spiro atoms. The molecule has 4 nitrogen and oxygen atoms in total. The molecule has 0 saturated carbocycles. The van der Waals surface area contributed by atoms with E-state index < -0.39 is 0 Å². The molecule has 1 N–H and O–H groups in total. The summed E-state index contributed by atoms with van der Waals surface area (Å²) in [6, 6.07) is 0. The van der Waals surface area contributed by atoms with E-state index in [1.807, 2.05) is 4.90 Å². The number of nitrogens with zero attached hydrogens (tertiary/aromatic N) is 1. The molecule has 0 aliphatic carbocycles. The van der Waals surface area contributed by atoms with E-state index in [-0.39, 0.29) is 5.92 Å². The Balaban J connectivity index is 1.81. The molecular weight excluding hydrogens is 192 g/mol. The molecular formula is C11H20N2O2. The molecule has 2 aliphatic rings. The molecule has 2 heterocycles. The van der Waals surface area contributed by atoms with Crippen molar-refractivity contribution in [3.05, 3.63) is 0 Å². The van der Waals surface area contributed by atoms with E-state index in [2.05, 4.69) is 5.32 Å². The zero-order valence-electron chi connectivity index (χ0n) is 9.37. The normalized spacial score (nSPS) is 31.1. The van der Waals surface area contributed by atoms with Crippen molar-refractivity contribution >= 4 is 5.91 Å². The second kappa shape index (κ2) is 4.94. The minimum absolute atomic E-state index is 0.228. The van der Waals surface area contributed by atoms with Gasteiger partial charge in [-0.25, -0.2) is 0 Å². The lowest BCUT2D eigenvalue weighted by atomic mass is 10.1. The van der Waals surface area contributed by atoms with Crippen LogP contribution in [0.4, 0.5) is 0 Å². The van der Waals surface area contributed by atoms with Crippen LogP contribution in [0.2, 0.25) is 0 Å². The van der Waals surface area contributed by atoms with Crippen LogP contribution < -0.4 is 5.32 Å². The van der Waals surface area contributed by atoms with Crippen molar-refractivity contribution < 1.29 is 9.53 Å². The summed E-state index contributed by atoms with van der Waals surface area (Å²) in [5.74, 6) is 1.12. The summed E-state index contributed by atoms with van der Waals surface area (Å²) in [6.07, 6.45) is 2.10.